The van der Waals surface area contributed by atoms with Crippen LogP contribution in [0, 0.1) is 11.8 Å². The van der Waals surface area contributed by atoms with Crippen LogP contribution >= 0.6 is 23.0 Å². The Morgan fingerprint density at radius 3 is 2.61 bits per heavy atom. The standard InChI is InChI=1S/C14H26INO2/c1-11-7-12(4-6-18-15)3-5-16(11)10-13-8-14(9-13)17-2/h11-14H,3-10H2,1-2H3. The maximum atomic E-state index is 5.36. The van der Waals surface area contributed by atoms with E-state index in [0.717, 1.165) is 24.5 Å². The molecule has 0 aromatic carbocycles. The first-order chi connectivity index (χ1) is 8.72. The normalized spacial score (nSPS) is 37.5. The summed E-state index contributed by atoms with van der Waals surface area (Å²) in [5, 5.41) is 0. The molecule has 4 heteroatoms. The zero-order chi connectivity index (χ0) is 13.0. The Kier molecular flexibility index (Phi) is 6.18. The molecule has 106 valence electrons. The molecule has 1 aliphatic carbocycles. The summed E-state index contributed by atoms with van der Waals surface area (Å²) in [5.41, 5.74) is 0. The number of piperidine rings is 1. The largest absolute Gasteiger partial charge is 0.381 e. The molecule has 2 unspecified atom stereocenters. The van der Waals surface area contributed by atoms with Crippen LogP contribution in [0.5, 0.6) is 0 Å². The SMILES string of the molecule is COC1CC(CN2CCC(CCOI)CC2C)C1. The molecule has 3 nitrogen and oxygen atoms in total. The van der Waals surface area contributed by atoms with Crippen LogP contribution in [0.15, 0.2) is 0 Å². The quantitative estimate of drug-likeness (QED) is 0.673. The molecule has 0 amide bonds. The Bertz CT molecular complexity index is 246. The molecule has 1 heterocycles. The Labute approximate surface area is 125 Å². The predicted octanol–water partition coefficient (Wildman–Crippen LogP) is 3.27. The Morgan fingerprint density at radius 1 is 1.22 bits per heavy atom. The number of hydrogen-bond donors (Lipinski definition) is 0. The van der Waals surface area contributed by atoms with Crippen LogP contribution in [-0.2, 0) is 7.80 Å². The molecule has 0 spiro atoms. The van der Waals surface area contributed by atoms with Crippen LogP contribution in [-0.4, -0.2) is 43.9 Å². The third kappa shape index (κ3) is 4.05. The van der Waals surface area contributed by atoms with E-state index in [9.17, 15) is 0 Å². The monoisotopic (exact) mass is 367 g/mol. The van der Waals surface area contributed by atoms with Gasteiger partial charge in [-0.2, -0.15) is 0 Å². The molecule has 0 bridgehead atoms. The fraction of sp³-hybridized carbons (Fsp3) is 1.00. The lowest BCUT2D eigenvalue weighted by atomic mass is 9.80. The van der Waals surface area contributed by atoms with Crippen LogP contribution in [0.25, 0.3) is 0 Å². The summed E-state index contributed by atoms with van der Waals surface area (Å²) >= 11 is 2.00. The first kappa shape index (κ1) is 15.0. The van der Waals surface area contributed by atoms with E-state index in [1.54, 1.807) is 0 Å². The van der Waals surface area contributed by atoms with E-state index in [1.807, 2.05) is 30.1 Å². The average Bonchev–Trinajstić information content (AvgIpc) is 2.32. The Hall–Kier alpha value is 0.610. The first-order valence-electron chi connectivity index (χ1n) is 7.23. The second kappa shape index (κ2) is 7.41. The molecule has 0 aromatic heterocycles. The average molecular weight is 367 g/mol. The molecule has 0 N–H and O–H groups in total. The summed E-state index contributed by atoms with van der Waals surface area (Å²) in [6.45, 7) is 5.87. The van der Waals surface area contributed by atoms with Crippen molar-refractivity contribution in [1.29, 1.82) is 0 Å². The molecule has 2 fully saturated rings. The van der Waals surface area contributed by atoms with Gasteiger partial charge in [0.1, 0.15) is 23.0 Å². The minimum absolute atomic E-state index is 0.545. The summed E-state index contributed by atoms with van der Waals surface area (Å²) < 4.78 is 10.5. The molecule has 1 aliphatic heterocycles. The number of likely N-dealkylation sites (tertiary alicyclic amines) is 1. The van der Waals surface area contributed by atoms with Crippen LogP contribution < -0.4 is 0 Å². The maximum absolute atomic E-state index is 5.36. The Morgan fingerprint density at radius 2 is 2.00 bits per heavy atom. The van der Waals surface area contributed by atoms with Gasteiger partial charge in [-0.05, 0) is 57.4 Å². The molecule has 2 aliphatic rings. The lowest BCUT2D eigenvalue weighted by molar-refractivity contribution is -0.0213. The number of ether oxygens (including phenoxy) is 1. The van der Waals surface area contributed by atoms with E-state index in [4.69, 9.17) is 7.80 Å². The maximum Gasteiger partial charge on any atom is 0.109 e. The Balaban J connectivity index is 1.66. The third-order valence-electron chi connectivity index (χ3n) is 4.74. The van der Waals surface area contributed by atoms with Crippen molar-refractivity contribution in [3.8, 4) is 0 Å². The van der Waals surface area contributed by atoms with E-state index in [1.165, 1.54) is 45.2 Å². The molecule has 2 rings (SSSR count). The third-order valence-corrected chi connectivity index (χ3v) is 5.18. The van der Waals surface area contributed by atoms with Crippen molar-refractivity contribution in [2.75, 3.05) is 26.8 Å². The van der Waals surface area contributed by atoms with E-state index in [-0.39, 0.29) is 0 Å². The predicted molar refractivity (Wildman–Crippen MR) is 81.9 cm³/mol. The highest BCUT2D eigenvalue weighted by Gasteiger charge is 2.33. The summed E-state index contributed by atoms with van der Waals surface area (Å²) in [6.07, 6.45) is 7.02. The van der Waals surface area contributed by atoms with E-state index >= 15 is 0 Å². The van der Waals surface area contributed by atoms with Gasteiger partial charge in [-0.25, -0.2) is 0 Å². The molecule has 0 aromatic rings. The van der Waals surface area contributed by atoms with Gasteiger partial charge in [-0.1, -0.05) is 0 Å². The number of halogens is 1. The lowest BCUT2D eigenvalue weighted by Crippen LogP contribution is -2.46. The summed E-state index contributed by atoms with van der Waals surface area (Å²) in [5.74, 6) is 1.76. The molecule has 2 atom stereocenters. The first-order valence-corrected chi connectivity index (χ1v) is 8.11. The van der Waals surface area contributed by atoms with Crippen LogP contribution in [0.4, 0.5) is 0 Å². The van der Waals surface area contributed by atoms with Crippen LogP contribution in [0.2, 0.25) is 0 Å². The van der Waals surface area contributed by atoms with Crippen molar-refractivity contribution in [2.24, 2.45) is 11.8 Å². The minimum atomic E-state index is 0.545. The highest BCUT2D eigenvalue weighted by Crippen LogP contribution is 2.33. The molecule has 1 saturated heterocycles. The van der Waals surface area contributed by atoms with Gasteiger partial charge in [0.25, 0.3) is 0 Å². The van der Waals surface area contributed by atoms with E-state index in [0.29, 0.717) is 6.10 Å². The van der Waals surface area contributed by atoms with E-state index < -0.39 is 0 Å². The highest BCUT2D eigenvalue weighted by molar-refractivity contribution is 14.1. The topological polar surface area (TPSA) is 21.7 Å². The van der Waals surface area contributed by atoms with Crippen molar-refractivity contribution >= 4 is 23.0 Å². The lowest BCUT2D eigenvalue weighted by Gasteiger charge is -2.43. The van der Waals surface area contributed by atoms with Gasteiger partial charge in [0.15, 0.2) is 0 Å². The molecular formula is C14H26INO2. The van der Waals surface area contributed by atoms with Crippen molar-refractivity contribution in [3.05, 3.63) is 0 Å². The fourth-order valence-corrected chi connectivity index (χ4v) is 3.66. The summed E-state index contributed by atoms with van der Waals surface area (Å²) in [4.78, 5) is 2.69. The van der Waals surface area contributed by atoms with Gasteiger partial charge < -0.3 is 12.7 Å². The van der Waals surface area contributed by atoms with Crippen molar-refractivity contribution in [1.82, 2.24) is 4.90 Å². The van der Waals surface area contributed by atoms with Crippen molar-refractivity contribution in [3.63, 3.8) is 0 Å². The number of nitrogens with zero attached hydrogens (tertiary/aromatic N) is 1. The molecule has 1 saturated carbocycles. The van der Waals surface area contributed by atoms with Crippen LogP contribution in [0.1, 0.15) is 39.0 Å². The summed E-state index contributed by atoms with van der Waals surface area (Å²) in [7, 11) is 1.84. The number of hydrogen-bond acceptors (Lipinski definition) is 3. The highest BCUT2D eigenvalue weighted by atomic mass is 127. The molecular weight excluding hydrogens is 341 g/mol. The van der Waals surface area contributed by atoms with Gasteiger partial charge in [0.2, 0.25) is 0 Å². The summed E-state index contributed by atoms with van der Waals surface area (Å²) in [6, 6.07) is 0.750. The van der Waals surface area contributed by atoms with Gasteiger partial charge in [0.05, 0.1) is 12.7 Å². The van der Waals surface area contributed by atoms with Crippen molar-refractivity contribution < 1.29 is 7.80 Å². The van der Waals surface area contributed by atoms with Crippen LogP contribution in [0.3, 0.4) is 0 Å². The van der Waals surface area contributed by atoms with Crippen molar-refractivity contribution in [2.45, 2.75) is 51.2 Å². The van der Waals surface area contributed by atoms with Gasteiger partial charge >= 0.3 is 0 Å². The second-order valence-corrected chi connectivity index (χ2v) is 6.65. The van der Waals surface area contributed by atoms with Gasteiger partial charge in [-0.3, -0.25) is 0 Å². The zero-order valence-electron chi connectivity index (χ0n) is 11.6. The van der Waals surface area contributed by atoms with Gasteiger partial charge in [-0.15, -0.1) is 0 Å². The zero-order valence-corrected chi connectivity index (χ0v) is 13.8. The van der Waals surface area contributed by atoms with E-state index in [2.05, 4.69) is 11.8 Å². The molecule has 18 heavy (non-hydrogen) atoms. The second-order valence-electron chi connectivity index (χ2n) is 6.03. The fourth-order valence-electron chi connectivity index (χ4n) is 3.41. The number of rotatable bonds is 6. The number of methoxy groups -OCH3 is 1. The minimum Gasteiger partial charge on any atom is -0.381 e. The van der Waals surface area contributed by atoms with Gasteiger partial charge in [0, 0.05) is 19.7 Å². The smallest absolute Gasteiger partial charge is 0.109 e. The molecule has 0 radical (unpaired) electrons.